The largest absolute Gasteiger partial charge is 0.493 e. The zero-order valence-corrected chi connectivity index (χ0v) is 13.3. The Bertz CT molecular complexity index is 866. The van der Waals surface area contributed by atoms with Crippen molar-refractivity contribution in [2.24, 2.45) is 0 Å². The molecule has 1 aliphatic rings. The number of anilines is 1. The van der Waals surface area contributed by atoms with Crippen molar-refractivity contribution in [3.8, 4) is 17.2 Å². The van der Waals surface area contributed by atoms with E-state index in [0.717, 1.165) is 0 Å². The molecule has 2 aromatic carbocycles. The van der Waals surface area contributed by atoms with Crippen molar-refractivity contribution < 1.29 is 29.0 Å². The number of carboxylic acids is 1. The molecule has 1 heterocycles. The molecule has 25 heavy (non-hydrogen) atoms. The summed E-state index contributed by atoms with van der Waals surface area (Å²) in [6, 6.07) is 7.24. The Morgan fingerprint density at radius 3 is 2.64 bits per heavy atom. The summed E-state index contributed by atoms with van der Waals surface area (Å²) >= 11 is 0. The van der Waals surface area contributed by atoms with E-state index in [2.05, 4.69) is 5.32 Å². The number of benzene rings is 2. The quantitative estimate of drug-likeness (QED) is 0.626. The lowest BCUT2D eigenvalue weighted by atomic mass is 10.0. The Kier molecular flexibility index (Phi) is 4.05. The van der Waals surface area contributed by atoms with Crippen LogP contribution in [0.5, 0.6) is 17.2 Å². The number of hydrogen-bond donors (Lipinski definition) is 2. The van der Waals surface area contributed by atoms with E-state index in [4.69, 9.17) is 14.2 Å². The molecule has 0 aliphatic carbocycles. The molecule has 9 nitrogen and oxygen atoms in total. The fraction of sp³-hybridized carbons (Fsp3) is 0.188. The lowest BCUT2D eigenvalue weighted by Gasteiger charge is -2.18. The van der Waals surface area contributed by atoms with Crippen LogP contribution >= 0.6 is 0 Å². The molecule has 2 N–H and O–H groups in total. The number of carboxylic acid groups (broad SMARTS) is 1. The van der Waals surface area contributed by atoms with Gasteiger partial charge in [-0.1, -0.05) is 0 Å². The Balaban J connectivity index is 2.03. The molecule has 2 aromatic rings. The van der Waals surface area contributed by atoms with E-state index < -0.39 is 17.1 Å². The molecule has 0 spiro atoms. The number of fused-ring (bicyclic) bond motifs is 1. The van der Waals surface area contributed by atoms with Gasteiger partial charge in [-0.15, -0.1) is 0 Å². The van der Waals surface area contributed by atoms with E-state index in [9.17, 15) is 20.0 Å². The number of methoxy groups -OCH3 is 2. The predicted molar refractivity (Wildman–Crippen MR) is 86.6 cm³/mol. The Labute approximate surface area is 141 Å². The van der Waals surface area contributed by atoms with Gasteiger partial charge in [0, 0.05) is 11.6 Å². The molecule has 9 heteroatoms. The highest BCUT2D eigenvalue weighted by Crippen LogP contribution is 2.43. The van der Waals surface area contributed by atoms with Crippen molar-refractivity contribution >= 4 is 17.3 Å². The molecule has 0 radical (unpaired) electrons. The molecule has 1 unspecified atom stereocenters. The molecule has 0 amide bonds. The van der Waals surface area contributed by atoms with E-state index >= 15 is 0 Å². The summed E-state index contributed by atoms with van der Waals surface area (Å²) in [6.45, 7) is 0. The van der Waals surface area contributed by atoms with Gasteiger partial charge in [0.1, 0.15) is 5.56 Å². The van der Waals surface area contributed by atoms with Crippen LogP contribution in [0.15, 0.2) is 30.3 Å². The first kappa shape index (κ1) is 16.4. The van der Waals surface area contributed by atoms with Crippen LogP contribution in [0, 0.1) is 10.1 Å². The third-order valence-corrected chi connectivity index (χ3v) is 3.78. The van der Waals surface area contributed by atoms with Crippen LogP contribution in [0.4, 0.5) is 11.4 Å². The fourth-order valence-electron chi connectivity index (χ4n) is 2.66. The van der Waals surface area contributed by atoms with E-state index in [0.29, 0.717) is 11.3 Å². The number of non-ortho nitro benzene ring substituents is 1. The number of nitro benzene ring substituents is 1. The van der Waals surface area contributed by atoms with Crippen molar-refractivity contribution in [2.45, 2.75) is 6.23 Å². The highest BCUT2D eigenvalue weighted by molar-refractivity contribution is 5.94. The van der Waals surface area contributed by atoms with Crippen LogP contribution in [0.2, 0.25) is 0 Å². The number of hydrogen-bond acceptors (Lipinski definition) is 7. The molecule has 3 rings (SSSR count). The van der Waals surface area contributed by atoms with Crippen LogP contribution in [-0.2, 0) is 0 Å². The number of rotatable bonds is 5. The lowest BCUT2D eigenvalue weighted by Crippen LogP contribution is -2.16. The van der Waals surface area contributed by atoms with Crippen molar-refractivity contribution in [1.82, 2.24) is 0 Å². The van der Waals surface area contributed by atoms with Gasteiger partial charge in [-0.05, 0) is 18.2 Å². The first-order chi connectivity index (χ1) is 12.0. The summed E-state index contributed by atoms with van der Waals surface area (Å²) in [5.74, 6) is -0.599. The molecule has 130 valence electrons. The van der Waals surface area contributed by atoms with Gasteiger partial charge >= 0.3 is 5.97 Å². The average Bonchev–Trinajstić information content (AvgIpc) is 3.02. The Morgan fingerprint density at radius 2 is 2.04 bits per heavy atom. The SMILES string of the molecule is COc1ccc(C2Nc3ccc([N+](=O)[O-])cc3O2)c(C(=O)O)c1OC. The maximum Gasteiger partial charge on any atom is 0.340 e. The molecule has 0 saturated heterocycles. The molecule has 1 aliphatic heterocycles. The molecule has 0 saturated carbocycles. The summed E-state index contributed by atoms with van der Waals surface area (Å²) < 4.78 is 16.0. The number of nitrogens with zero attached hydrogens (tertiary/aromatic N) is 1. The monoisotopic (exact) mass is 346 g/mol. The maximum atomic E-state index is 11.7. The van der Waals surface area contributed by atoms with Gasteiger partial charge in [0.2, 0.25) is 0 Å². The van der Waals surface area contributed by atoms with Gasteiger partial charge in [-0.2, -0.15) is 0 Å². The van der Waals surface area contributed by atoms with Crippen LogP contribution < -0.4 is 19.5 Å². The van der Waals surface area contributed by atoms with Crippen LogP contribution in [0.25, 0.3) is 0 Å². The summed E-state index contributed by atoms with van der Waals surface area (Å²) in [5, 5.41) is 23.5. The Morgan fingerprint density at radius 1 is 1.28 bits per heavy atom. The number of ether oxygens (including phenoxy) is 3. The smallest absolute Gasteiger partial charge is 0.340 e. The minimum atomic E-state index is -1.21. The summed E-state index contributed by atoms with van der Waals surface area (Å²) in [6.07, 6.45) is -0.831. The number of nitro groups is 1. The maximum absolute atomic E-state index is 11.7. The highest BCUT2D eigenvalue weighted by Gasteiger charge is 2.31. The van der Waals surface area contributed by atoms with Gasteiger partial charge in [-0.25, -0.2) is 4.79 Å². The fourth-order valence-corrected chi connectivity index (χ4v) is 2.66. The van der Waals surface area contributed by atoms with Crippen molar-refractivity contribution in [2.75, 3.05) is 19.5 Å². The second-order valence-corrected chi connectivity index (χ2v) is 5.15. The second-order valence-electron chi connectivity index (χ2n) is 5.15. The molecule has 1 atom stereocenters. The first-order valence-electron chi connectivity index (χ1n) is 7.16. The van der Waals surface area contributed by atoms with Gasteiger partial charge in [0.05, 0.1) is 30.9 Å². The molecule has 0 aromatic heterocycles. The second kappa shape index (κ2) is 6.19. The van der Waals surface area contributed by atoms with Crippen molar-refractivity contribution in [3.63, 3.8) is 0 Å². The van der Waals surface area contributed by atoms with E-state index in [1.54, 1.807) is 12.1 Å². The minimum absolute atomic E-state index is 0.0693. The van der Waals surface area contributed by atoms with Crippen molar-refractivity contribution in [3.05, 3.63) is 51.6 Å². The molecule has 0 bridgehead atoms. The zero-order valence-electron chi connectivity index (χ0n) is 13.3. The van der Waals surface area contributed by atoms with Gasteiger partial charge in [0.25, 0.3) is 5.69 Å². The Hall–Kier alpha value is -3.49. The molecular formula is C16H14N2O7. The van der Waals surface area contributed by atoms with E-state index in [-0.39, 0.29) is 28.5 Å². The van der Waals surface area contributed by atoms with E-state index in [1.807, 2.05) is 0 Å². The minimum Gasteiger partial charge on any atom is -0.493 e. The normalized spacial score (nSPS) is 14.9. The molecule has 0 fully saturated rings. The average molecular weight is 346 g/mol. The zero-order chi connectivity index (χ0) is 18.1. The number of aromatic carboxylic acids is 1. The summed E-state index contributed by atoms with van der Waals surface area (Å²) in [5.41, 5.74) is 0.611. The standard InChI is InChI=1S/C16H14N2O7/c1-23-11-6-4-9(13(16(19)20)14(11)24-2)15-17-10-5-3-8(18(21)22)7-12(10)25-15/h3-7,15,17H,1-2H3,(H,19,20). The molecular weight excluding hydrogens is 332 g/mol. The summed E-state index contributed by atoms with van der Waals surface area (Å²) in [7, 11) is 2.75. The third kappa shape index (κ3) is 2.75. The summed E-state index contributed by atoms with van der Waals surface area (Å²) in [4.78, 5) is 22.1. The highest BCUT2D eigenvalue weighted by atomic mass is 16.6. The van der Waals surface area contributed by atoms with E-state index in [1.165, 1.54) is 32.4 Å². The van der Waals surface area contributed by atoms with Crippen LogP contribution in [0.3, 0.4) is 0 Å². The lowest BCUT2D eigenvalue weighted by molar-refractivity contribution is -0.384. The predicted octanol–water partition coefficient (Wildman–Crippen LogP) is 2.81. The number of carbonyl (C=O) groups is 1. The van der Waals surface area contributed by atoms with Gasteiger partial charge in [0.15, 0.2) is 23.5 Å². The van der Waals surface area contributed by atoms with Crippen molar-refractivity contribution in [1.29, 1.82) is 0 Å². The van der Waals surface area contributed by atoms with Crippen LogP contribution in [-0.4, -0.2) is 30.2 Å². The van der Waals surface area contributed by atoms with Gasteiger partial charge in [-0.3, -0.25) is 10.1 Å². The number of nitrogens with one attached hydrogen (secondary N) is 1. The topological polar surface area (TPSA) is 120 Å². The first-order valence-corrected chi connectivity index (χ1v) is 7.16. The van der Waals surface area contributed by atoms with Crippen LogP contribution in [0.1, 0.15) is 22.1 Å². The third-order valence-electron chi connectivity index (χ3n) is 3.78. The van der Waals surface area contributed by atoms with Gasteiger partial charge < -0.3 is 24.6 Å².